The molecule has 3 aliphatic heterocycles. The second kappa shape index (κ2) is 12.1. The summed E-state index contributed by atoms with van der Waals surface area (Å²) in [5.74, 6) is 0.733. The van der Waals surface area contributed by atoms with E-state index in [0.29, 0.717) is 41.2 Å². The maximum atomic E-state index is 12.7. The molecule has 0 radical (unpaired) electrons. The van der Waals surface area contributed by atoms with Gasteiger partial charge in [0.05, 0.1) is 26.7 Å². The van der Waals surface area contributed by atoms with E-state index in [1.807, 2.05) is 23.1 Å². The first kappa shape index (κ1) is 26.4. The van der Waals surface area contributed by atoms with Crippen LogP contribution in [0.1, 0.15) is 55.0 Å². The molecule has 2 aromatic rings. The highest BCUT2D eigenvalue weighted by molar-refractivity contribution is 7.15. The molecule has 38 heavy (non-hydrogen) atoms. The Bertz CT molecular complexity index is 1160. The van der Waals surface area contributed by atoms with Gasteiger partial charge in [0.25, 0.3) is 0 Å². The van der Waals surface area contributed by atoms with Crippen molar-refractivity contribution in [2.75, 3.05) is 45.2 Å². The van der Waals surface area contributed by atoms with Crippen LogP contribution >= 0.6 is 11.3 Å². The number of ether oxygens (including phenoxy) is 3. The number of piperidine rings is 1. The standard InChI is InChI=1S/C26H33N5O6S/c1-35-19-8-7-17(12-20(19)37-25-6-5-11-36-25)18-13-23(33)31(15-18)16-21(32)27-26-29-28-22(38-26)14-24(34)30-9-3-2-4-10-30/h7-8,12,18,25H,2-6,9-11,13-16H2,1H3,(H,27,29,32)/t18-,25?/m1/s1. The molecule has 204 valence electrons. The SMILES string of the molecule is COc1ccc([C@@H]2CC(=O)N(CC(=O)Nc3nnc(CC(=O)N4CCCCC4)s3)C2)cc1OC1CCCO1. The Morgan fingerprint density at radius 3 is 2.76 bits per heavy atom. The number of methoxy groups -OCH3 is 1. The largest absolute Gasteiger partial charge is 0.493 e. The molecular weight excluding hydrogens is 510 g/mol. The number of likely N-dealkylation sites (tertiary alicyclic amines) is 2. The number of anilines is 1. The Morgan fingerprint density at radius 2 is 2.00 bits per heavy atom. The maximum absolute atomic E-state index is 12.7. The molecule has 2 atom stereocenters. The molecule has 0 spiro atoms. The summed E-state index contributed by atoms with van der Waals surface area (Å²) in [6.45, 7) is 2.59. The Labute approximate surface area is 225 Å². The summed E-state index contributed by atoms with van der Waals surface area (Å²) in [7, 11) is 1.59. The van der Waals surface area contributed by atoms with Gasteiger partial charge in [-0.2, -0.15) is 0 Å². The number of nitrogens with one attached hydrogen (secondary N) is 1. The zero-order chi connectivity index (χ0) is 26.5. The minimum absolute atomic E-state index is 0.0373. The van der Waals surface area contributed by atoms with Gasteiger partial charge < -0.3 is 24.0 Å². The molecule has 12 heteroatoms. The van der Waals surface area contributed by atoms with Gasteiger partial charge in [0.1, 0.15) is 5.01 Å². The summed E-state index contributed by atoms with van der Waals surface area (Å²) in [5, 5.41) is 11.7. The van der Waals surface area contributed by atoms with Crippen molar-refractivity contribution in [1.29, 1.82) is 0 Å². The van der Waals surface area contributed by atoms with E-state index in [0.717, 1.165) is 50.8 Å². The van der Waals surface area contributed by atoms with E-state index in [2.05, 4.69) is 15.5 Å². The lowest BCUT2D eigenvalue weighted by atomic mass is 9.98. The lowest BCUT2D eigenvalue weighted by Crippen LogP contribution is -2.36. The molecule has 3 aliphatic rings. The van der Waals surface area contributed by atoms with E-state index in [9.17, 15) is 14.4 Å². The van der Waals surface area contributed by atoms with Gasteiger partial charge in [-0.1, -0.05) is 17.4 Å². The molecule has 0 bridgehead atoms. The van der Waals surface area contributed by atoms with E-state index in [4.69, 9.17) is 14.2 Å². The molecule has 1 aromatic carbocycles. The topological polar surface area (TPSA) is 123 Å². The first-order valence-corrected chi connectivity index (χ1v) is 13.9. The third-order valence-electron chi connectivity index (χ3n) is 7.08. The van der Waals surface area contributed by atoms with E-state index < -0.39 is 0 Å². The van der Waals surface area contributed by atoms with Gasteiger partial charge >= 0.3 is 0 Å². The van der Waals surface area contributed by atoms with Crippen LogP contribution in [-0.2, 0) is 25.5 Å². The zero-order valence-electron chi connectivity index (χ0n) is 21.5. The molecule has 1 N–H and O–H groups in total. The number of hydrogen-bond acceptors (Lipinski definition) is 9. The van der Waals surface area contributed by atoms with Crippen LogP contribution < -0.4 is 14.8 Å². The lowest BCUT2D eigenvalue weighted by molar-refractivity contribution is -0.131. The number of carbonyl (C=O) groups is 3. The van der Waals surface area contributed by atoms with Crippen LogP contribution in [-0.4, -0.2) is 83.9 Å². The Hall–Kier alpha value is -3.25. The minimum Gasteiger partial charge on any atom is -0.493 e. The summed E-state index contributed by atoms with van der Waals surface area (Å²) in [5.41, 5.74) is 0.946. The van der Waals surface area contributed by atoms with Crippen molar-refractivity contribution >= 4 is 34.2 Å². The first-order chi connectivity index (χ1) is 18.5. The van der Waals surface area contributed by atoms with Crippen LogP contribution in [0.25, 0.3) is 0 Å². The van der Waals surface area contributed by atoms with Gasteiger partial charge in [-0.3, -0.25) is 19.7 Å². The van der Waals surface area contributed by atoms with Gasteiger partial charge in [0, 0.05) is 38.4 Å². The van der Waals surface area contributed by atoms with E-state index in [-0.39, 0.29) is 42.9 Å². The number of carbonyl (C=O) groups excluding carboxylic acids is 3. The smallest absolute Gasteiger partial charge is 0.245 e. The fourth-order valence-electron chi connectivity index (χ4n) is 5.06. The number of benzene rings is 1. The molecule has 3 saturated heterocycles. The highest BCUT2D eigenvalue weighted by Gasteiger charge is 2.33. The fraction of sp³-hybridized carbons (Fsp3) is 0.577. The van der Waals surface area contributed by atoms with Crippen LogP contribution in [0.15, 0.2) is 18.2 Å². The molecule has 1 aromatic heterocycles. The van der Waals surface area contributed by atoms with Crippen LogP contribution in [0.3, 0.4) is 0 Å². The van der Waals surface area contributed by atoms with Crippen molar-refractivity contribution in [3.05, 3.63) is 28.8 Å². The molecule has 3 amide bonds. The van der Waals surface area contributed by atoms with Gasteiger partial charge in [0.15, 0.2) is 17.8 Å². The van der Waals surface area contributed by atoms with Crippen molar-refractivity contribution < 1.29 is 28.6 Å². The summed E-state index contributed by atoms with van der Waals surface area (Å²) in [6.07, 6.45) is 5.18. The highest BCUT2D eigenvalue weighted by atomic mass is 32.1. The van der Waals surface area contributed by atoms with Gasteiger partial charge in [-0.25, -0.2) is 0 Å². The van der Waals surface area contributed by atoms with Crippen molar-refractivity contribution in [3.8, 4) is 11.5 Å². The molecular formula is C26H33N5O6S. The van der Waals surface area contributed by atoms with Crippen LogP contribution in [0.5, 0.6) is 11.5 Å². The molecule has 3 fully saturated rings. The van der Waals surface area contributed by atoms with E-state index in [1.165, 1.54) is 11.3 Å². The van der Waals surface area contributed by atoms with Gasteiger partial charge in [-0.15, -0.1) is 10.2 Å². The Morgan fingerprint density at radius 1 is 1.16 bits per heavy atom. The molecule has 5 rings (SSSR count). The Kier molecular flexibility index (Phi) is 8.38. The van der Waals surface area contributed by atoms with Gasteiger partial charge in [0.2, 0.25) is 22.9 Å². The second-order valence-electron chi connectivity index (χ2n) is 9.81. The van der Waals surface area contributed by atoms with Crippen molar-refractivity contribution in [2.24, 2.45) is 0 Å². The maximum Gasteiger partial charge on any atom is 0.245 e. The number of aromatic nitrogens is 2. The van der Waals surface area contributed by atoms with Crippen LogP contribution in [0.2, 0.25) is 0 Å². The normalized spacial score (nSPS) is 21.6. The quantitative estimate of drug-likeness (QED) is 0.512. The molecule has 11 nitrogen and oxygen atoms in total. The average Bonchev–Trinajstić information content (AvgIpc) is 3.67. The number of rotatable bonds is 9. The van der Waals surface area contributed by atoms with Crippen molar-refractivity contribution in [1.82, 2.24) is 20.0 Å². The first-order valence-electron chi connectivity index (χ1n) is 13.1. The fourth-order valence-corrected chi connectivity index (χ4v) is 5.81. The zero-order valence-corrected chi connectivity index (χ0v) is 22.3. The molecule has 4 heterocycles. The number of nitrogens with zero attached hydrogens (tertiary/aromatic N) is 4. The van der Waals surface area contributed by atoms with Crippen LogP contribution in [0.4, 0.5) is 5.13 Å². The van der Waals surface area contributed by atoms with E-state index in [1.54, 1.807) is 12.0 Å². The summed E-state index contributed by atoms with van der Waals surface area (Å²) >= 11 is 1.19. The highest BCUT2D eigenvalue weighted by Crippen LogP contribution is 2.36. The van der Waals surface area contributed by atoms with Crippen LogP contribution in [0, 0.1) is 0 Å². The second-order valence-corrected chi connectivity index (χ2v) is 10.9. The molecule has 1 unspecified atom stereocenters. The van der Waals surface area contributed by atoms with Crippen molar-refractivity contribution in [2.45, 2.75) is 57.2 Å². The molecule has 0 saturated carbocycles. The number of hydrogen-bond donors (Lipinski definition) is 1. The summed E-state index contributed by atoms with van der Waals surface area (Å²) < 4.78 is 17.0. The summed E-state index contributed by atoms with van der Waals surface area (Å²) in [4.78, 5) is 41.3. The number of amides is 3. The average molecular weight is 544 g/mol. The monoisotopic (exact) mass is 543 g/mol. The lowest BCUT2D eigenvalue weighted by Gasteiger charge is -2.26. The summed E-state index contributed by atoms with van der Waals surface area (Å²) in [6, 6.07) is 5.66. The third-order valence-corrected chi connectivity index (χ3v) is 7.92. The predicted molar refractivity (Wildman–Crippen MR) is 139 cm³/mol. The van der Waals surface area contributed by atoms with E-state index >= 15 is 0 Å². The Balaban J connectivity index is 1.14. The predicted octanol–water partition coefficient (Wildman–Crippen LogP) is 2.57. The molecule has 0 aliphatic carbocycles. The van der Waals surface area contributed by atoms with Crippen molar-refractivity contribution in [3.63, 3.8) is 0 Å². The third kappa shape index (κ3) is 6.41. The minimum atomic E-state index is -0.346. The van der Waals surface area contributed by atoms with Gasteiger partial charge in [-0.05, 0) is 43.4 Å².